The molecule has 0 aliphatic carbocycles. The Morgan fingerprint density at radius 1 is 1.20 bits per heavy atom. The number of carbonyl (C=O) groups excluding carboxylic acids is 2. The van der Waals surface area contributed by atoms with Crippen LogP contribution in [-0.4, -0.2) is 41.3 Å². The fourth-order valence-electron chi connectivity index (χ4n) is 3.10. The van der Waals surface area contributed by atoms with E-state index in [2.05, 4.69) is 4.98 Å². The van der Waals surface area contributed by atoms with Crippen LogP contribution in [0.15, 0.2) is 48.8 Å². The lowest BCUT2D eigenvalue weighted by atomic mass is 9.99. The van der Waals surface area contributed by atoms with Crippen LogP contribution in [-0.2, 0) is 4.79 Å². The second-order valence-electron chi connectivity index (χ2n) is 6.13. The van der Waals surface area contributed by atoms with Crippen LogP contribution in [0.25, 0.3) is 0 Å². The Hall–Kier alpha value is -2.76. The highest BCUT2D eigenvalue weighted by atomic mass is 19.1. The van der Waals surface area contributed by atoms with Crippen molar-refractivity contribution in [3.05, 3.63) is 60.2 Å². The summed E-state index contributed by atoms with van der Waals surface area (Å²) in [5.41, 5.74) is 1.08. The molecular weight excluding hydrogens is 321 g/mol. The average molecular weight is 341 g/mol. The first kappa shape index (κ1) is 17.1. The van der Waals surface area contributed by atoms with Gasteiger partial charge in [-0.25, -0.2) is 4.39 Å². The quantitative estimate of drug-likeness (QED) is 0.863. The summed E-state index contributed by atoms with van der Waals surface area (Å²) in [6.45, 7) is 0.543. The SMILES string of the molecule is CN(C(=O)[C@H]1CCCCN1C(=O)c1cccnc1)c1ccc(F)cc1. The van der Waals surface area contributed by atoms with Gasteiger partial charge in [0.1, 0.15) is 11.9 Å². The molecule has 25 heavy (non-hydrogen) atoms. The van der Waals surface area contributed by atoms with Gasteiger partial charge in [0, 0.05) is 31.7 Å². The molecule has 0 bridgehead atoms. The molecule has 0 radical (unpaired) electrons. The van der Waals surface area contributed by atoms with Gasteiger partial charge in [-0.1, -0.05) is 0 Å². The Kier molecular flexibility index (Phi) is 5.07. The molecule has 0 saturated carbocycles. The zero-order chi connectivity index (χ0) is 17.8. The summed E-state index contributed by atoms with van der Waals surface area (Å²) in [6, 6.07) is 8.65. The maximum atomic E-state index is 13.1. The minimum Gasteiger partial charge on any atom is -0.327 e. The average Bonchev–Trinajstić information content (AvgIpc) is 2.67. The fourth-order valence-corrected chi connectivity index (χ4v) is 3.10. The van der Waals surface area contributed by atoms with Crippen LogP contribution in [0.4, 0.5) is 10.1 Å². The van der Waals surface area contributed by atoms with Crippen LogP contribution in [0.2, 0.25) is 0 Å². The van der Waals surface area contributed by atoms with Gasteiger partial charge in [0.05, 0.1) is 5.56 Å². The molecule has 1 atom stereocenters. The van der Waals surface area contributed by atoms with Gasteiger partial charge >= 0.3 is 0 Å². The van der Waals surface area contributed by atoms with E-state index in [4.69, 9.17) is 0 Å². The number of nitrogens with zero attached hydrogens (tertiary/aromatic N) is 3. The number of halogens is 1. The maximum Gasteiger partial charge on any atom is 0.256 e. The van der Waals surface area contributed by atoms with Crippen LogP contribution in [0.5, 0.6) is 0 Å². The molecule has 130 valence electrons. The largest absolute Gasteiger partial charge is 0.327 e. The number of pyridine rings is 1. The standard InChI is InChI=1S/C19H20FN3O2/c1-22(16-9-7-15(20)8-10-16)19(25)17-6-2-3-12-23(17)18(24)14-5-4-11-21-13-14/h4-5,7-11,13,17H,2-3,6,12H2,1H3/t17-/m1/s1. The summed E-state index contributed by atoms with van der Waals surface area (Å²) in [6.07, 6.45) is 5.51. The zero-order valence-electron chi connectivity index (χ0n) is 14.1. The first-order chi connectivity index (χ1) is 12.1. The van der Waals surface area contributed by atoms with E-state index in [0.29, 0.717) is 24.2 Å². The Morgan fingerprint density at radius 2 is 1.96 bits per heavy atom. The number of amides is 2. The molecule has 2 heterocycles. The second-order valence-corrected chi connectivity index (χ2v) is 6.13. The predicted octanol–water partition coefficient (Wildman–Crippen LogP) is 2.88. The highest BCUT2D eigenvalue weighted by Gasteiger charge is 2.34. The summed E-state index contributed by atoms with van der Waals surface area (Å²) in [5.74, 6) is -0.696. The molecule has 0 N–H and O–H groups in total. The van der Waals surface area contributed by atoms with Crippen LogP contribution in [0.3, 0.4) is 0 Å². The number of likely N-dealkylation sites (N-methyl/N-ethyl adjacent to an activating group) is 1. The lowest BCUT2D eigenvalue weighted by molar-refractivity contribution is -0.123. The Labute approximate surface area is 146 Å². The Balaban J connectivity index is 1.81. The number of piperidine rings is 1. The zero-order valence-corrected chi connectivity index (χ0v) is 14.1. The van der Waals surface area contributed by atoms with E-state index in [9.17, 15) is 14.0 Å². The predicted molar refractivity (Wildman–Crippen MR) is 92.7 cm³/mol. The molecule has 2 amide bonds. The molecule has 1 saturated heterocycles. The van der Waals surface area contributed by atoms with Gasteiger partial charge in [0.25, 0.3) is 5.91 Å². The van der Waals surface area contributed by atoms with E-state index in [1.807, 2.05) is 0 Å². The number of carbonyl (C=O) groups is 2. The molecule has 5 nitrogen and oxygen atoms in total. The van der Waals surface area contributed by atoms with Crippen molar-refractivity contribution in [3.8, 4) is 0 Å². The minimum absolute atomic E-state index is 0.163. The van der Waals surface area contributed by atoms with E-state index in [0.717, 1.165) is 12.8 Å². The molecule has 6 heteroatoms. The van der Waals surface area contributed by atoms with Crippen molar-refractivity contribution >= 4 is 17.5 Å². The van der Waals surface area contributed by atoms with E-state index >= 15 is 0 Å². The number of benzene rings is 1. The maximum absolute atomic E-state index is 13.1. The number of aromatic nitrogens is 1. The molecule has 1 aliphatic heterocycles. The molecule has 0 spiro atoms. The van der Waals surface area contributed by atoms with Crippen molar-refractivity contribution in [3.63, 3.8) is 0 Å². The number of anilines is 1. The summed E-state index contributed by atoms with van der Waals surface area (Å²) in [7, 11) is 1.65. The third-order valence-corrected chi connectivity index (χ3v) is 4.50. The molecule has 0 unspecified atom stereocenters. The first-order valence-electron chi connectivity index (χ1n) is 8.32. The Morgan fingerprint density at radius 3 is 2.64 bits per heavy atom. The van der Waals surface area contributed by atoms with Gasteiger partial charge in [-0.15, -0.1) is 0 Å². The van der Waals surface area contributed by atoms with Crippen molar-refractivity contribution in [2.75, 3.05) is 18.5 Å². The van der Waals surface area contributed by atoms with Gasteiger partial charge < -0.3 is 9.80 Å². The summed E-state index contributed by atoms with van der Waals surface area (Å²) < 4.78 is 13.1. The fraction of sp³-hybridized carbons (Fsp3) is 0.316. The third-order valence-electron chi connectivity index (χ3n) is 4.50. The van der Waals surface area contributed by atoms with Crippen molar-refractivity contribution in [2.24, 2.45) is 0 Å². The molecule has 1 aliphatic rings. The van der Waals surface area contributed by atoms with Crippen molar-refractivity contribution < 1.29 is 14.0 Å². The molecule has 3 rings (SSSR count). The molecule has 1 fully saturated rings. The van der Waals surface area contributed by atoms with Crippen LogP contribution >= 0.6 is 0 Å². The number of rotatable bonds is 3. The van der Waals surface area contributed by atoms with Crippen LogP contribution < -0.4 is 4.90 Å². The van der Waals surface area contributed by atoms with E-state index in [1.54, 1.807) is 42.4 Å². The summed E-state index contributed by atoms with van der Waals surface area (Å²) in [5, 5.41) is 0. The minimum atomic E-state index is -0.517. The normalized spacial score (nSPS) is 17.2. The highest BCUT2D eigenvalue weighted by molar-refractivity contribution is 6.02. The molecule has 1 aromatic carbocycles. The number of hydrogen-bond acceptors (Lipinski definition) is 3. The summed E-state index contributed by atoms with van der Waals surface area (Å²) in [4.78, 5) is 32.8. The van der Waals surface area contributed by atoms with Crippen LogP contribution in [0.1, 0.15) is 29.6 Å². The van der Waals surface area contributed by atoms with Crippen molar-refractivity contribution in [1.82, 2.24) is 9.88 Å². The third kappa shape index (κ3) is 3.68. The highest BCUT2D eigenvalue weighted by Crippen LogP contribution is 2.23. The summed E-state index contributed by atoms with van der Waals surface area (Å²) >= 11 is 0. The molecule has 1 aromatic heterocycles. The van der Waals surface area contributed by atoms with Crippen LogP contribution in [0, 0.1) is 5.82 Å². The molecular formula is C19H20FN3O2. The number of likely N-dealkylation sites (tertiary alicyclic amines) is 1. The lowest BCUT2D eigenvalue weighted by Crippen LogP contribution is -2.52. The number of hydrogen-bond donors (Lipinski definition) is 0. The van der Waals surface area contributed by atoms with Crippen molar-refractivity contribution in [1.29, 1.82) is 0 Å². The van der Waals surface area contributed by atoms with Gasteiger partial charge in [-0.05, 0) is 55.7 Å². The molecule has 2 aromatic rings. The van der Waals surface area contributed by atoms with E-state index in [1.165, 1.54) is 23.2 Å². The first-order valence-corrected chi connectivity index (χ1v) is 8.32. The topological polar surface area (TPSA) is 53.5 Å². The van der Waals surface area contributed by atoms with Gasteiger partial charge in [-0.2, -0.15) is 0 Å². The smallest absolute Gasteiger partial charge is 0.256 e. The van der Waals surface area contributed by atoms with Gasteiger partial charge in [-0.3, -0.25) is 14.6 Å². The van der Waals surface area contributed by atoms with E-state index in [-0.39, 0.29) is 17.6 Å². The lowest BCUT2D eigenvalue weighted by Gasteiger charge is -2.36. The Bertz CT molecular complexity index is 749. The van der Waals surface area contributed by atoms with Gasteiger partial charge in [0.2, 0.25) is 5.91 Å². The van der Waals surface area contributed by atoms with Crippen molar-refractivity contribution in [2.45, 2.75) is 25.3 Å². The monoisotopic (exact) mass is 341 g/mol. The van der Waals surface area contributed by atoms with E-state index < -0.39 is 6.04 Å². The van der Waals surface area contributed by atoms with Gasteiger partial charge in [0.15, 0.2) is 0 Å². The second kappa shape index (κ2) is 7.42.